The van der Waals surface area contributed by atoms with Crippen LogP contribution in [0.25, 0.3) is 0 Å². The zero-order valence-corrected chi connectivity index (χ0v) is 14.7. The maximum Gasteiger partial charge on any atom is 0.307 e. The van der Waals surface area contributed by atoms with E-state index < -0.39 is 17.8 Å². The lowest BCUT2D eigenvalue weighted by Gasteiger charge is -2.23. The second-order valence-corrected chi connectivity index (χ2v) is 7.10. The number of benzene rings is 1. The molecule has 1 heterocycles. The van der Waals surface area contributed by atoms with E-state index in [1.807, 2.05) is 12.2 Å². The summed E-state index contributed by atoms with van der Waals surface area (Å²) in [5, 5.41) is 12.3. The maximum absolute atomic E-state index is 12.7. The predicted octanol–water partition coefficient (Wildman–Crippen LogP) is 2.11. The molecule has 0 radical (unpaired) electrons. The highest BCUT2D eigenvalue weighted by molar-refractivity contribution is 6.07. The third-order valence-corrected chi connectivity index (χ3v) is 5.49. The molecule has 4 atom stereocenters. The molecule has 1 fully saturated rings. The van der Waals surface area contributed by atoms with Gasteiger partial charge in [-0.05, 0) is 42.5 Å². The van der Waals surface area contributed by atoms with Crippen LogP contribution in [0.2, 0.25) is 0 Å². The average molecular weight is 365 g/mol. The lowest BCUT2D eigenvalue weighted by atomic mass is 9.82. The Balaban J connectivity index is 1.48. The van der Waals surface area contributed by atoms with Crippen molar-refractivity contribution in [2.75, 3.05) is 5.32 Å². The first-order valence-corrected chi connectivity index (χ1v) is 8.80. The number of anilines is 1. The number of nitrogens with zero attached hydrogens (tertiary/aromatic N) is 2. The van der Waals surface area contributed by atoms with E-state index in [2.05, 4.69) is 10.3 Å². The lowest BCUT2D eigenvalue weighted by Crippen LogP contribution is -2.36. The van der Waals surface area contributed by atoms with Gasteiger partial charge in [-0.15, -0.1) is 0 Å². The molecule has 0 unspecified atom stereocenters. The number of carbonyl (C=O) groups excluding carboxylic acids is 2. The van der Waals surface area contributed by atoms with Crippen LogP contribution in [0.5, 0.6) is 0 Å². The van der Waals surface area contributed by atoms with E-state index in [9.17, 15) is 19.5 Å². The minimum atomic E-state index is -0.928. The fraction of sp³-hybridized carbons (Fsp3) is 0.300. The topological polar surface area (TPSA) is 101 Å². The number of hydrogen-bond donors (Lipinski definition) is 2. The van der Waals surface area contributed by atoms with E-state index in [-0.39, 0.29) is 23.5 Å². The minimum absolute atomic E-state index is 0.0274. The van der Waals surface area contributed by atoms with Crippen molar-refractivity contribution < 1.29 is 19.5 Å². The zero-order valence-electron chi connectivity index (χ0n) is 14.7. The largest absolute Gasteiger partial charge is 0.481 e. The minimum Gasteiger partial charge on any atom is -0.481 e. The van der Waals surface area contributed by atoms with Gasteiger partial charge in [0.2, 0.25) is 11.7 Å². The van der Waals surface area contributed by atoms with Crippen molar-refractivity contribution >= 4 is 23.3 Å². The Morgan fingerprint density at radius 1 is 1.11 bits per heavy atom. The Morgan fingerprint density at radius 2 is 1.78 bits per heavy atom. The fourth-order valence-corrected chi connectivity index (χ4v) is 4.16. The quantitative estimate of drug-likeness (QED) is 0.624. The van der Waals surface area contributed by atoms with Crippen LogP contribution in [0, 0.1) is 23.7 Å². The summed E-state index contributed by atoms with van der Waals surface area (Å²) in [5.74, 6) is -2.42. The fourth-order valence-electron chi connectivity index (χ4n) is 4.16. The number of carbonyl (C=O) groups is 3. The standard InChI is InChI=1S/C20H19N3O4/c1-23-9-8-21-18(23)17(24)11-4-6-14(7-5-11)22-19(25)15-12-2-3-13(10-12)16(15)20(26)27/h2-9,12-13,15-16H,10H2,1H3,(H,22,25)(H,26,27)/t12-,13-,15-,16+/m0/s1. The van der Waals surface area contributed by atoms with Gasteiger partial charge in [0, 0.05) is 30.7 Å². The van der Waals surface area contributed by atoms with Gasteiger partial charge in [0.25, 0.3) is 0 Å². The summed E-state index contributed by atoms with van der Waals surface area (Å²) in [5.41, 5.74) is 1.00. The van der Waals surface area contributed by atoms with Gasteiger partial charge in [0.15, 0.2) is 5.82 Å². The van der Waals surface area contributed by atoms with E-state index in [0.29, 0.717) is 23.5 Å². The molecular formula is C20H19N3O4. The van der Waals surface area contributed by atoms with Gasteiger partial charge in [-0.2, -0.15) is 0 Å². The molecule has 2 N–H and O–H groups in total. The molecule has 7 nitrogen and oxygen atoms in total. The summed E-state index contributed by atoms with van der Waals surface area (Å²) in [6.07, 6.45) is 7.83. The second-order valence-electron chi connectivity index (χ2n) is 7.10. The highest BCUT2D eigenvalue weighted by Crippen LogP contribution is 2.48. The van der Waals surface area contributed by atoms with Crippen LogP contribution in [0.15, 0.2) is 48.8 Å². The van der Waals surface area contributed by atoms with Crippen molar-refractivity contribution in [1.29, 1.82) is 0 Å². The summed E-state index contributed by atoms with van der Waals surface area (Å²) in [6.45, 7) is 0. The molecule has 1 aromatic heterocycles. The predicted molar refractivity (Wildman–Crippen MR) is 97.1 cm³/mol. The summed E-state index contributed by atoms with van der Waals surface area (Å²) < 4.78 is 1.65. The highest BCUT2D eigenvalue weighted by Gasteiger charge is 2.51. The number of allylic oxidation sites excluding steroid dienone is 2. The van der Waals surface area contributed by atoms with Gasteiger partial charge in [-0.3, -0.25) is 14.4 Å². The number of ketones is 1. The summed E-state index contributed by atoms with van der Waals surface area (Å²) in [4.78, 5) is 40.7. The number of carboxylic acids is 1. The van der Waals surface area contributed by atoms with Crippen LogP contribution in [-0.2, 0) is 16.6 Å². The van der Waals surface area contributed by atoms with Crippen LogP contribution in [0.4, 0.5) is 5.69 Å². The number of fused-ring (bicyclic) bond motifs is 2. The second kappa shape index (κ2) is 6.50. The number of imidazole rings is 1. The number of aryl methyl sites for hydroxylation is 1. The third kappa shape index (κ3) is 2.95. The van der Waals surface area contributed by atoms with Crippen molar-refractivity contribution in [2.45, 2.75) is 6.42 Å². The van der Waals surface area contributed by atoms with E-state index in [1.54, 1.807) is 48.3 Å². The average Bonchev–Trinajstić information content (AvgIpc) is 3.37. The molecule has 1 saturated carbocycles. The molecule has 1 aromatic carbocycles. The Bertz CT molecular complexity index is 944. The van der Waals surface area contributed by atoms with Gasteiger partial charge in [-0.1, -0.05) is 12.2 Å². The monoisotopic (exact) mass is 365 g/mol. The van der Waals surface area contributed by atoms with E-state index in [0.717, 1.165) is 0 Å². The van der Waals surface area contributed by atoms with Crippen LogP contribution in [0.1, 0.15) is 22.6 Å². The zero-order chi connectivity index (χ0) is 19.1. The SMILES string of the molecule is Cn1ccnc1C(=O)c1ccc(NC(=O)[C@@H]2[C@H](C(=O)O)[C@H]3C=C[C@H]2C3)cc1. The van der Waals surface area contributed by atoms with Crippen LogP contribution < -0.4 is 5.32 Å². The Kier molecular flexibility index (Phi) is 4.14. The van der Waals surface area contributed by atoms with Crippen molar-refractivity contribution in [1.82, 2.24) is 9.55 Å². The molecule has 7 heteroatoms. The van der Waals surface area contributed by atoms with Gasteiger partial charge in [0.1, 0.15) is 0 Å². The Labute approximate surface area is 155 Å². The molecule has 2 aliphatic rings. The number of rotatable bonds is 5. The summed E-state index contributed by atoms with van der Waals surface area (Å²) in [7, 11) is 1.75. The number of hydrogen-bond acceptors (Lipinski definition) is 4. The number of carboxylic acid groups (broad SMARTS) is 1. The first-order valence-electron chi connectivity index (χ1n) is 8.80. The number of aliphatic carboxylic acids is 1. The van der Waals surface area contributed by atoms with Crippen molar-refractivity contribution in [3.63, 3.8) is 0 Å². The molecule has 2 bridgehead atoms. The normalized spacial score (nSPS) is 25.5. The molecule has 1 amide bonds. The van der Waals surface area contributed by atoms with Crippen molar-refractivity contribution in [3.05, 3.63) is 60.2 Å². The Hall–Kier alpha value is -3.22. The van der Waals surface area contributed by atoms with Gasteiger partial charge in [0.05, 0.1) is 11.8 Å². The van der Waals surface area contributed by atoms with E-state index >= 15 is 0 Å². The van der Waals surface area contributed by atoms with Crippen LogP contribution in [-0.4, -0.2) is 32.3 Å². The first kappa shape index (κ1) is 17.2. The van der Waals surface area contributed by atoms with E-state index in [4.69, 9.17) is 0 Å². The number of amides is 1. The molecule has 0 spiro atoms. The summed E-state index contributed by atoms with van der Waals surface area (Å²) in [6, 6.07) is 6.55. The molecule has 0 saturated heterocycles. The maximum atomic E-state index is 12.7. The van der Waals surface area contributed by atoms with Crippen LogP contribution >= 0.6 is 0 Å². The van der Waals surface area contributed by atoms with Crippen molar-refractivity contribution in [3.8, 4) is 0 Å². The smallest absolute Gasteiger partial charge is 0.307 e. The Morgan fingerprint density at radius 3 is 2.37 bits per heavy atom. The molecule has 138 valence electrons. The molecule has 2 aliphatic carbocycles. The first-order chi connectivity index (χ1) is 13.0. The lowest BCUT2D eigenvalue weighted by molar-refractivity contribution is -0.146. The number of aromatic nitrogens is 2. The molecule has 0 aliphatic heterocycles. The van der Waals surface area contributed by atoms with Gasteiger partial charge in [-0.25, -0.2) is 4.98 Å². The molecule has 2 aromatic rings. The number of nitrogens with one attached hydrogen (secondary N) is 1. The summed E-state index contributed by atoms with van der Waals surface area (Å²) >= 11 is 0. The van der Waals surface area contributed by atoms with Crippen molar-refractivity contribution in [2.24, 2.45) is 30.7 Å². The van der Waals surface area contributed by atoms with Gasteiger partial charge >= 0.3 is 5.97 Å². The van der Waals surface area contributed by atoms with E-state index in [1.165, 1.54) is 0 Å². The molecular weight excluding hydrogens is 346 g/mol. The highest BCUT2D eigenvalue weighted by atomic mass is 16.4. The molecule has 27 heavy (non-hydrogen) atoms. The third-order valence-electron chi connectivity index (χ3n) is 5.49. The van der Waals surface area contributed by atoms with Crippen LogP contribution in [0.3, 0.4) is 0 Å². The molecule has 4 rings (SSSR count). The van der Waals surface area contributed by atoms with Gasteiger partial charge < -0.3 is 15.0 Å².